The summed E-state index contributed by atoms with van der Waals surface area (Å²) >= 11 is 0. The van der Waals surface area contributed by atoms with E-state index in [0.717, 1.165) is 0 Å². The molecular formula is C35H46. The molecule has 35 heavy (non-hydrogen) atoms. The van der Waals surface area contributed by atoms with Crippen LogP contribution >= 0.6 is 0 Å². The zero-order valence-corrected chi connectivity index (χ0v) is 22.3. The Bertz CT molecular complexity index is 1010. The lowest BCUT2D eigenvalue weighted by molar-refractivity contribution is 0.398. The second-order valence-corrected chi connectivity index (χ2v) is 10.8. The molecule has 4 rings (SSSR count). The number of rotatable bonds is 15. The topological polar surface area (TPSA) is 0 Å². The molecule has 3 aromatic rings. The van der Waals surface area contributed by atoms with Gasteiger partial charge < -0.3 is 0 Å². The molecule has 0 radical (unpaired) electrons. The number of unbranched alkanes of at least 4 members (excludes halogenated alkanes) is 10. The Labute approximate surface area is 215 Å². The molecular weight excluding hydrogens is 420 g/mol. The monoisotopic (exact) mass is 466 g/mol. The maximum Gasteiger partial charge on any atom is 0.0215 e. The van der Waals surface area contributed by atoms with E-state index in [2.05, 4.69) is 86.6 Å². The summed E-state index contributed by atoms with van der Waals surface area (Å²) in [7, 11) is 0. The lowest BCUT2D eigenvalue weighted by Gasteiger charge is -2.33. The molecule has 0 amide bonds. The SMILES string of the molecule is CCCCCCCCC1(CCCCCCCC)c2ccccc2-c2ccc(-c3ccccc3)cc21. The fourth-order valence-corrected chi connectivity index (χ4v) is 6.34. The van der Waals surface area contributed by atoms with E-state index < -0.39 is 0 Å². The van der Waals surface area contributed by atoms with Crippen LogP contribution in [-0.2, 0) is 5.41 Å². The van der Waals surface area contributed by atoms with Crippen LogP contribution < -0.4 is 0 Å². The summed E-state index contributed by atoms with van der Waals surface area (Å²) in [5.41, 5.74) is 9.04. The fraction of sp³-hybridized carbons (Fsp3) is 0.486. The highest BCUT2D eigenvalue weighted by molar-refractivity contribution is 5.83. The van der Waals surface area contributed by atoms with Crippen LogP contribution in [0.25, 0.3) is 22.3 Å². The Balaban J connectivity index is 1.64. The first-order valence-corrected chi connectivity index (χ1v) is 14.6. The summed E-state index contributed by atoms with van der Waals surface area (Å²) in [5, 5.41) is 0. The predicted molar refractivity (Wildman–Crippen MR) is 154 cm³/mol. The molecule has 0 nitrogen and oxygen atoms in total. The maximum absolute atomic E-state index is 2.55. The Kier molecular flexibility index (Phi) is 9.64. The van der Waals surface area contributed by atoms with Gasteiger partial charge in [0.15, 0.2) is 0 Å². The lowest BCUT2D eigenvalue weighted by Crippen LogP contribution is -2.25. The van der Waals surface area contributed by atoms with Crippen molar-refractivity contribution in [3.63, 3.8) is 0 Å². The molecule has 0 bridgehead atoms. The number of fused-ring (bicyclic) bond motifs is 3. The largest absolute Gasteiger partial charge is 0.0654 e. The summed E-state index contributed by atoms with van der Waals surface area (Å²) in [6.45, 7) is 4.62. The Morgan fingerprint density at radius 1 is 0.457 bits per heavy atom. The van der Waals surface area contributed by atoms with Crippen molar-refractivity contribution >= 4 is 0 Å². The third kappa shape index (κ3) is 6.08. The van der Waals surface area contributed by atoms with Gasteiger partial charge in [0.05, 0.1) is 0 Å². The number of hydrogen-bond acceptors (Lipinski definition) is 0. The van der Waals surface area contributed by atoms with Crippen LogP contribution in [0.4, 0.5) is 0 Å². The highest BCUT2D eigenvalue weighted by atomic mass is 14.4. The van der Waals surface area contributed by atoms with Crippen molar-refractivity contribution in [1.82, 2.24) is 0 Å². The third-order valence-corrected chi connectivity index (χ3v) is 8.29. The van der Waals surface area contributed by atoms with E-state index in [1.54, 1.807) is 11.1 Å². The van der Waals surface area contributed by atoms with Crippen LogP contribution in [0.1, 0.15) is 115 Å². The molecule has 0 aliphatic heterocycles. The minimum atomic E-state index is 0.173. The minimum Gasteiger partial charge on any atom is -0.0654 e. The molecule has 0 N–H and O–H groups in total. The van der Waals surface area contributed by atoms with Gasteiger partial charge in [-0.2, -0.15) is 0 Å². The second-order valence-electron chi connectivity index (χ2n) is 10.8. The van der Waals surface area contributed by atoms with Crippen LogP contribution in [0, 0.1) is 0 Å². The van der Waals surface area contributed by atoms with E-state index in [9.17, 15) is 0 Å². The van der Waals surface area contributed by atoms with E-state index in [1.165, 1.54) is 112 Å². The molecule has 0 saturated heterocycles. The molecule has 186 valence electrons. The van der Waals surface area contributed by atoms with Gasteiger partial charge in [0.25, 0.3) is 0 Å². The molecule has 0 fully saturated rings. The van der Waals surface area contributed by atoms with Gasteiger partial charge in [0.1, 0.15) is 0 Å². The molecule has 1 aliphatic carbocycles. The van der Waals surface area contributed by atoms with Crippen LogP contribution in [0.5, 0.6) is 0 Å². The molecule has 0 heteroatoms. The standard InChI is InChI=1S/C35H46/c1-3-5-7-9-11-18-26-35(27-19-12-10-8-6-4-2)33-23-17-16-22-31(33)32-25-24-30(28-34(32)35)29-20-14-13-15-21-29/h13-17,20-25,28H,3-12,18-19,26-27H2,1-2H3. The average molecular weight is 467 g/mol. The van der Waals surface area contributed by atoms with Gasteiger partial charge in [-0.3, -0.25) is 0 Å². The summed E-state index contributed by atoms with van der Waals surface area (Å²) in [4.78, 5) is 0. The van der Waals surface area contributed by atoms with Crippen molar-refractivity contribution in [2.45, 2.75) is 109 Å². The number of benzene rings is 3. The second kappa shape index (κ2) is 13.1. The first-order chi connectivity index (χ1) is 17.3. The van der Waals surface area contributed by atoms with Crippen LogP contribution in [0.2, 0.25) is 0 Å². The molecule has 0 heterocycles. The molecule has 1 aliphatic rings. The first kappa shape index (κ1) is 25.7. The third-order valence-electron chi connectivity index (χ3n) is 8.29. The van der Waals surface area contributed by atoms with Gasteiger partial charge in [0.2, 0.25) is 0 Å². The van der Waals surface area contributed by atoms with Gasteiger partial charge in [-0.15, -0.1) is 0 Å². The van der Waals surface area contributed by atoms with Gasteiger partial charge in [-0.1, -0.05) is 158 Å². The predicted octanol–water partition coefficient (Wildman–Crippen LogP) is 11.1. The van der Waals surface area contributed by atoms with Crippen molar-refractivity contribution in [3.8, 4) is 22.3 Å². The quantitative estimate of drug-likeness (QED) is 0.195. The Morgan fingerprint density at radius 2 is 1.00 bits per heavy atom. The van der Waals surface area contributed by atoms with E-state index >= 15 is 0 Å². The van der Waals surface area contributed by atoms with E-state index in [-0.39, 0.29) is 5.41 Å². The fourth-order valence-electron chi connectivity index (χ4n) is 6.34. The smallest absolute Gasteiger partial charge is 0.0215 e. The van der Waals surface area contributed by atoms with Gasteiger partial charge in [-0.05, 0) is 52.3 Å². The molecule has 0 atom stereocenters. The van der Waals surface area contributed by atoms with Crippen molar-refractivity contribution < 1.29 is 0 Å². The normalized spacial score (nSPS) is 13.5. The van der Waals surface area contributed by atoms with E-state index in [4.69, 9.17) is 0 Å². The zero-order chi connectivity index (χ0) is 24.3. The van der Waals surface area contributed by atoms with Crippen molar-refractivity contribution in [2.75, 3.05) is 0 Å². The lowest BCUT2D eigenvalue weighted by atomic mass is 9.70. The average Bonchev–Trinajstić information content (AvgIpc) is 3.18. The summed E-state index contributed by atoms with van der Waals surface area (Å²) in [6.07, 6.45) is 19.0. The van der Waals surface area contributed by atoms with E-state index in [0.29, 0.717) is 0 Å². The van der Waals surface area contributed by atoms with Crippen LogP contribution in [-0.4, -0.2) is 0 Å². The van der Waals surface area contributed by atoms with E-state index in [1.807, 2.05) is 0 Å². The highest BCUT2D eigenvalue weighted by Crippen LogP contribution is 2.54. The number of hydrogen-bond donors (Lipinski definition) is 0. The summed E-state index contributed by atoms with van der Waals surface area (Å²) in [6, 6.07) is 27.6. The Morgan fingerprint density at radius 3 is 1.66 bits per heavy atom. The zero-order valence-electron chi connectivity index (χ0n) is 22.3. The molecule has 0 unspecified atom stereocenters. The minimum absolute atomic E-state index is 0.173. The summed E-state index contributed by atoms with van der Waals surface area (Å²) in [5.74, 6) is 0. The van der Waals surface area contributed by atoms with Crippen molar-refractivity contribution in [1.29, 1.82) is 0 Å². The summed E-state index contributed by atoms with van der Waals surface area (Å²) < 4.78 is 0. The highest BCUT2D eigenvalue weighted by Gasteiger charge is 2.42. The maximum atomic E-state index is 2.55. The van der Waals surface area contributed by atoms with Crippen LogP contribution in [0.15, 0.2) is 72.8 Å². The molecule has 3 aromatic carbocycles. The van der Waals surface area contributed by atoms with Gasteiger partial charge in [0, 0.05) is 5.41 Å². The molecule has 0 saturated carbocycles. The first-order valence-electron chi connectivity index (χ1n) is 14.6. The van der Waals surface area contributed by atoms with Gasteiger partial charge in [-0.25, -0.2) is 0 Å². The molecule has 0 aromatic heterocycles. The molecule has 0 spiro atoms. The Hall–Kier alpha value is -2.34. The van der Waals surface area contributed by atoms with Crippen molar-refractivity contribution in [3.05, 3.63) is 83.9 Å². The van der Waals surface area contributed by atoms with Gasteiger partial charge >= 0.3 is 0 Å². The van der Waals surface area contributed by atoms with Crippen LogP contribution in [0.3, 0.4) is 0 Å². The van der Waals surface area contributed by atoms with Crippen molar-refractivity contribution in [2.24, 2.45) is 0 Å².